The Bertz CT molecular complexity index is 257. The van der Waals surface area contributed by atoms with Gasteiger partial charge in [0.2, 0.25) is 0 Å². The summed E-state index contributed by atoms with van der Waals surface area (Å²) in [6.45, 7) is 6.81. The van der Waals surface area contributed by atoms with Gasteiger partial charge in [0.1, 0.15) is 0 Å². The van der Waals surface area contributed by atoms with Crippen LogP contribution in [0.15, 0.2) is 0 Å². The summed E-state index contributed by atoms with van der Waals surface area (Å²) in [5.74, 6) is 0. The molecule has 0 aromatic rings. The topological polar surface area (TPSA) is 24.1 Å². The van der Waals surface area contributed by atoms with Crippen molar-refractivity contribution in [3.63, 3.8) is 0 Å². The Morgan fingerprint density at radius 3 is 2.28 bits per heavy atom. The summed E-state index contributed by atoms with van der Waals surface area (Å²) in [6.07, 6.45) is 11.5. The Kier molecular flexibility index (Phi) is 4.90. The van der Waals surface area contributed by atoms with Gasteiger partial charge in [0.25, 0.3) is 0 Å². The third-order valence-corrected chi connectivity index (χ3v) is 7.53. The minimum atomic E-state index is 0.415. The van der Waals surface area contributed by atoms with E-state index < -0.39 is 0 Å². The molecule has 2 unspecified atom stereocenters. The second-order valence-corrected chi connectivity index (χ2v) is 8.54. The van der Waals surface area contributed by atoms with Crippen LogP contribution in [-0.4, -0.2) is 34.9 Å². The largest absolute Gasteiger partial charge is 0.312 e. The molecule has 0 aliphatic heterocycles. The molecule has 0 amide bonds. The highest BCUT2D eigenvalue weighted by Crippen LogP contribution is 2.55. The van der Waals surface area contributed by atoms with E-state index >= 15 is 0 Å². The lowest BCUT2D eigenvalue weighted by atomic mass is 9.67. The average Bonchev–Trinajstić information content (AvgIpc) is 2.81. The van der Waals surface area contributed by atoms with Crippen molar-refractivity contribution < 1.29 is 0 Å². The van der Waals surface area contributed by atoms with Crippen LogP contribution in [0.1, 0.15) is 65.2 Å². The molecule has 2 atom stereocenters. The lowest BCUT2D eigenvalue weighted by Crippen LogP contribution is -2.67. The van der Waals surface area contributed by atoms with E-state index in [0.29, 0.717) is 16.6 Å². The van der Waals surface area contributed by atoms with Crippen LogP contribution in [0.3, 0.4) is 0 Å². The van der Waals surface area contributed by atoms with Crippen molar-refractivity contribution in [3.05, 3.63) is 0 Å². The van der Waals surface area contributed by atoms with Crippen LogP contribution in [0.4, 0.5) is 0 Å². The average molecular weight is 269 g/mol. The third kappa shape index (κ3) is 2.41. The number of likely N-dealkylation sites (N-methyl/N-ethyl adjacent to an activating group) is 2. The molecule has 0 radical (unpaired) electrons. The van der Waals surface area contributed by atoms with E-state index in [1.807, 2.05) is 0 Å². The van der Waals surface area contributed by atoms with Crippen molar-refractivity contribution >= 4 is 10.2 Å². The summed E-state index contributed by atoms with van der Waals surface area (Å²) in [6, 6.07) is 0.715. The molecule has 2 aliphatic rings. The van der Waals surface area contributed by atoms with Crippen LogP contribution in [0.5, 0.6) is 0 Å². The second-order valence-electron chi connectivity index (χ2n) is 6.63. The summed E-state index contributed by atoms with van der Waals surface area (Å²) in [5, 5.41) is 8.46. The smallest absolute Gasteiger partial charge is 0.0358 e. The van der Waals surface area contributed by atoms with Crippen molar-refractivity contribution in [1.82, 2.24) is 10.6 Å². The van der Waals surface area contributed by atoms with Gasteiger partial charge >= 0.3 is 0 Å². The zero-order valence-corrected chi connectivity index (χ0v) is 14.6. The molecule has 2 saturated carbocycles. The maximum Gasteiger partial charge on any atom is 0.0358 e. The molecule has 0 saturated heterocycles. The highest BCUT2D eigenvalue weighted by Gasteiger charge is 2.53. The summed E-state index contributed by atoms with van der Waals surface area (Å²) in [4.78, 5) is 0. The Morgan fingerprint density at radius 2 is 1.67 bits per heavy atom. The molecule has 2 rings (SSSR count). The molecule has 2 nitrogen and oxygen atoms in total. The molecular formula is C15H32N2Si. The molecule has 2 fully saturated rings. The van der Waals surface area contributed by atoms with Crippen LogP contribution in [0.2, 0.25) is 5.04 Å². The highest BCUT2D eigenvalue weighted by molar-refractivity contribution is 6.16. The van der Waals surface area contributed by atoms with Crippen molar-refractivity contribution in [2.24, 2.45) is 0 Å². The molecule has 0 heterocycles. The maximum atomic E-state index is 3.99. The monoisotopic (exact) mass is 268 g/mol. The van der Waals surface area contributed by atoms with Crippen LogP contribution >= 0.6 is 0 Å². The molecule has 2 aliphatic carbocycles. The van der Waals surface area contributed by atoms with E-state index in [-0.39, 0.29) is 0 Å². The van der Waals surface area contributed by atoms with E-state index in [4.69, 9.17) is 0 Å². The van der Waals surface area contributed by atoms with Gasteiger partial charge in [-0.15, -0.1) is 0 Å². The molecule has 3 heteroatoms. The molecule has 106 valence electrons. The van der Waals surface area contributed by atoms with Gasteiger partial charge in [-0.05, 0) is 43.8 Å². The van der Waals surface area contributed by atoms with E-state index in [1.54, 1.807) is 0 Å². The van der Waals surface area contributed by atoms with Crippen molar-refractivity contribution in [1.29, 1.82) is 0 Å². The summed E-state index contributed by atoms with van der Waals surface area (Å²) in [7, 11) is 1.35. The summed E-state index contributed by atoms with van der Waals surface area (Å²) < 4.78 is 0. The zero-order chi connectivity index (χ0) is 13.1. The summed E-state index contributed by atoms with van der Waals surface area (Å²) >= 11 is 0. The molecule has 2 N–H and O–H groups in total. The molecular weight excluding hydrogens is 236 g/mol. The third-order valence-electron chi connectivity index (χ3n) is 5.64. The molecule has 0 aromatic carbocycles. The predicted octanol–water partition coefficient (Wildman–Crippen LogP) is 1.98. The van der Waals surface area contributed by atoms with Gasteiger partial charge in [-0.1, -0.05) is 39.5 Å². The van der Waals surface area contributed by atoms with Gasteiger partial charge in [-0.2, -0.15) is 0 Å². The van der Waals surface area contributed by atoms with E-state index in [2.05, 4.69) is 24.5 Å². The Hall–Kier alpha value is 0.137. The van der Waals surface area contributed by atoms with Gasteiger partial charge in [0.15, 0.2) is 0 Å². The predicted molar refractivity (Wildman–Crippen MR) is 83.4 cm³/mol. The Labute approximate surface area is 116 Å². The van der Waals surface area contributed by atoms with Crippen molar-refractivity contribution in [2.45, 2.75) is 81.8 Å². The fourth-order valence-corrected chi connectivity index (χ4v) is 6.24. The molecule has 0 spiro atoms. The minimum absolute atomic E-state index is 0.415. The first-order valence-electron chi connectivity index (χ1n) is 8.17. The molecule has 0 aromatic heterocycles. The van der Waals surface area contributed by atoms with Gasteiger partial charge in [-0.3, -0.25) is 0 Å². The van der Waals surface area contributed by atoms with Gasteiger partial charge in [-0.25, -0.2) is 0 Å². The number of rotatable bonds is 5. The zero-order valence-electron chi connectivity index (χ0n) is 12.6. The Balaban J connectivity index is 2.26. The van der Waals surface area contributed by atoms with Crippen LogP contribution in [-0.2, 0) is 0 Å². The van der Waals surface area contributed by atoms with Crippen LogP contribution in [0.25, 0.3) is 0 Å². The fourth-order valence-electron chi connectivity index (χ4n) is 4.76. The molecule has 0 bridgehead atoms. The second kappa shape index (κ2) is 6.06. The first kappa shape index (κ1) is 14.5. The first-order chi connectivity index (χ1) is 8.68. The van der Waals surface area contributed by atoms with Crippen LogP contribution < -0.4 is 10.6 Å². The van der Waals surface area contributed by atoms with Crippen LogP contribution in [0, 0.1) is 0 Å². The normalized spacial score (nSPS) is 36.0. The minimum Gasteiger partial charge on any atom is -0.312 e. The number of hydrogen-bond acceptors (Lipinski definition) is 2. The summed E-state index contributed by atoms with van der Waals surface area (Å²) in [5.41, 5.74) is 0.415. The van der Waals surface area contributed by atoms with Crippen molar-refractivity contribution in [2.75, 3.05) is 13.1 Å². The fraction of sp³-hybridized carbons (Fsp3) is 1.00. The Morgan fingerprint density at radius 1 is 1.00 bits per heavy atom. The first-order valence-corrected chi connectivity index (χ1v) is 9.17. The molecule has 18 heavy (non-hydrogen) atoms. The lowest BCUT2D eigenvalue weighted by Gasteiger charge is -2.55. The lowest BCUT2D eigenvalue weighted by molar-refractivity contribution is 0.114. The van der Waals surface area contributed by atoms with Gasteiger partial charge in [0, 0.05) is 21.8 Å². The number of hydrogen-bond donors (Lipinski definition) is 2. The van der Waals surface area contributed by atoms with Gasteiger partial charge in [0.05, 0.1) is 0 Å². The number of nitrogens with one attached hydrogen (secondary N) is 2. The SMILES string of the molecule is CCNC1CCCCC1(NCC)C1([SiH3])CCCC1. The van der Waals surface area contributed by atoms with E-state index in [9.17, 15) is 0 Å². The quantitative estimate of drug-likeness (QED) is 0.745. The standard InChI is InChI=1S/C15H32N2Si/c1-3-16-13-9-5-6-12-15(13,17-4-2)14(18)10-7-8-11-14/h13,16-17H,3-12H2,1-2,18H3. The maximum absolute atomic E-state index is 3.99. The highest BCUT2D eigenvalue weighted by atomic mass is 28.1. The van der Waals surface area contributed by atoms with Gasteiger partial charge < -0.3 is 10.6 Å². The van der Waals surface area contributed by atoms with E-state index in [1.165, 1.54) is 61.6 Å². The van der Waals surface area contributed by atoms with Crippen molar-refractivity contribution in [3.8, 4) is 0 Å². The van der Waals surface area contributed by atoms with E-state index in [0.717, 1.165) is 13.1 Å².